The van der Waals surface area contributed by atoms with Crippen molar-refractivity contribution in [1.82, 2.24) is 10.3 Å². The van der Waals surface area contributed by atoms with Gasteiger partial charge in [-0.15, -0.1) is 0 Å². The van der Waals surface area contributed by atoms with E-state index in [1.54, 1.807) is 6.20 Å². The van der Waals surface area contributed by atoms with Crippen LogP contribution >= 0.6 is 0 Å². The Balaban J connectivity index is 2.10. The summed E-state index contributed by atoms with van der Waals surface area (Å²) < 4.78 is 23.3. The zero-order valence-corrected chi connectivity index (χ0v) is 14.1. The minimum atomic E-state index is -2.89. The van der Waals surface area contributed by atoms with Gasteiger partial charge in [-0.3, -0.25) is 0 Å². The predicted molar refractivity (Wildman–Crippen MR) is 86.3 cm³/mol. The number of hydrogen-bond donors (Lipinski definition) is 1. The van der Waals surface area contributed by atoms with Gasteiger partial charge in [-0.1, -0.05) is 0 Å². The van der Waals surface area contributed by atoms with E-state index in [4.69, 9.17) is 0 Å². The summed E-state index contributed by atoms with van der Waals surface area (Å²) in [4.78, 5) is 6.49. The quantitative estimate of drug-likeness (QED) is 0.918. The summed E-state index contributed by atoms with van der Waals surface area (Å²) in [5, 5.41) is 3.45. The first-order chi connectivity index (χ1) is 9.66. The van der Waals surface area contributed by atoms with Crippen molar-refractivity contribution in [2.45, 2.75) is 45.8 Å². The second-order valence-corrected chi connectivity index (χ2v) is 9.01. The van der Waals surface area contributed by atoms with Crippen LogP contribution in [0, 0.1) is 0 Å². The van der Waals surface area contributed by atoms with Crippen LogP contribution in [0.2, 0.25) is 0 Å². The van der Waals surface area contributed by atoms with Gasteiger partial charge in [0.2, 0.25) is 0 Å². The lowest BCUT2D eigenvalue weighted by Gasteiger charge is -2.34. The lowest BCUT2D eigenvalue weighted by atomic mass is 10.1. The van der Waals surface area contributed by atoms with Crippen LogP contribution in [0.25, 0.3) is 0 Å². The fraction of sp³-hybridized carbons (Fsp3) is 0.667. The van der Waals surface area contributed by atoms with Crippen molar-refractivity contribution < 1.29 is 8.42 Å². The van der Waals surface area contributed by atoms with E-state index in [1.807, 2.05) is 19.1 Å². The van der Waals surface area contributed by atoms with Gasteiger partial charge in [0.25, 0.3) is 0 Å². The van der Waals surface area contributed by atoms with Gasteiger partial charge in [0.1, 0.15) is 5.82 Å². The number of aromatic nitrogens is 1. The van der Waals surface area contributed by atoms with Crippen molar-refractivity contribution >= 4 is 15.7 Å². The van der Waals surface area contributed by atoms with Gasteiger partial charge in [-0.2, -0.15) is 0 Å². The number of nitrogens with zero attached hydrogens (tertiary/aromatic N) is 2. The topological polar surface area (TPSA) is 62.3 Å². The molecular weight excluding hydrogens is 286 g/mol. The summed E-state index contributed by atoms with van der Waals surface area (Å²) in [6.07, 6.45) is 1.80. The van der Waals surface area contributed by atoms with Crippen molar-refractivity contribution in [1.29, 1.82) is 0 Å². The molecule has 0 aliphatic carbocycles. The molecule has 1 aliphatic heterocycles. The van der Waals surface area contributed by atoms with Crippen molar-refractivity contribution in [3.05, 3.63) is 23.9 Å². The number of rotatable bonds is 3. The Kier molecular flexibility index (Phi) is 4.58. The van der Waals surface area contributed by atoms with Crippen LogP contribution in [-0.2, 0) is 16.4 Å². The summed E-state index contributed by atoms with van der Waals surface area (Å²) in [5.41, 5.74) is 1.23. The molecule has 0 spiro atoms. The van der Waals surface area contributed by atoms with Crippen LogP contribution in [0.4, 0.5) is 5.82 Å². The molecule has 2 heterocycles. The van der Waals surface area contributed by atoms with Crippen LogP contribution in [0.5, 0.6) is 0 Å². The molecule has 1 unspecified atom stereocenters. The van der Waals surface area contributed by atoms with Crippen molar-refractivity contribution in [2.24, 2.45) is 0 Å². The van der Waals surface area contributed by atoms with Gasteiger partial charge in [0.15, 0.2) is 9.84 Å². The molecule has 1 N–H and O–H groups in total. The number of nitrogens with one attached hydrogen (secondary N) is 1. The fourth-order valence-corrected chi connectivity index (χ4v) is 3.99. The third-order valence-corrected chi connectivity index (χ3v) is 5.39. The maximum absolute atomic E-state index is 11.7. The molecule has 1 saturated heterocycles. The van der Waals surface area contributed by atoms with Gasteiger partial charge >= 0.3 is 0 Å². The van der Waals surface area contributed by atoms with Crippen molar-refractivity contribution in [3.8, 4) is 0 Å². The number of anilines is 1. The molecule has 1 aromatic heterocycles. The summed E-state index contributed by atoms with van der Waals surface area (Å²) in [6.45, 7) is 9.64. The first-order valence-electron chi connectivity index (χ1n) is 7.33. The molecule has 5 nitrogen and oxygen atoms in total. The Hall–Kier alpha value is -1.14. The average Bonchev–Trinajstić information content (AvgIpc) is 2.35. The van der Waals surface area contributed by atoms with E-state index < -0.39 is 9.84 Å². The first kappa shape index (κ1) is 16.2. The summed E-state index contributed by atoms with van der Waals surface area (Å²) in [6, 6.07) is 4.02. The van der Waals surface area contributed by atoms with Crippen LogP contribution in [0.1, 0.15) is 33.3 Å². The lowest BCUT2D eigenvalue weighted by Crippen LogP contribution is -2.47. The first-order valence-corrected chi connectivity index (χ1v) is 9.15. The molecule has 1 aromatic rings. The Morgan fingerprint density at radius 1 is 1.43 bits per heavy atom. The van der Waals surface area contributed by atoms with Crippen LogP contribution in [0.15, 0.2) is 18.3 Å². The van der Waals surface area contributed by atoms with Gasteiger partial charge in [0, 0.05) is 30.9 Å². The maximum Gasteiger partial charge on any atom is 0.154 e. The van der Waals surface area contributed by atoms with E-state index in [1.165, 1.54) is 0 Å². The SMILES string of the molecule is CC1CS(=O)(=O)CCN1c1cc(CNC(C)(C)C)ccn1. The highest BCUT2D eigenvalue weighted by Crippen LogP contribution is 2.20. The molecule has 0 saturated carbocycles. The molecular formula is C15H25N3O2S. The molecule has 0 bridgehead atoms. The van der Waals surface area contributed by atoms with Gasteiger partial charge in [0.05, 0.1) is 11.5 Å². The van der Waals surface area contributed by atoms with Gasteiger partial charge in [-0.05, 0) is 45.4 Å². The van der Waals surface area contributed by atoms with Crippen LogP contribution in [-0.4, -0.2) is 43.0 Å². The standard InChI is InChI=1S/C15H25N3O2S/c1-12-11-21(19,20)8-7-18(12)14-9-13(5-6-16-14)10-17-15(2,3)4/h5-6,9,12,17H,7-8,10-11H2,1-4H3. The Bertz CT molecular complexity index is 593. The number of hydrogen-bond acceptors (Lipinski definition) is 5. The Morgan fingerprint density at radius 2 is 2.14 bits per heavy atom. The van der Waals surface area contributed by atoms with E-state index in [-0.39, 0.29) is 23.1 Å². The molecule has 21 heavy (non-hydrogen) atoms. The molecule has 2 rings (SSSR count). The van der Waals surface area contributed by atoms with E-state index in [2.05, 4.69) is 36.0 Å². The molecule has 1 fully saturated rings. The smallest absolute Gasteiger partial charge is 0.154 e. The lowest BCUT2D eigenvalue weighted by molar-refractivity contribution is 0.424. The average molecular weight is 311 g/mol. The molecule has 0 radical (unpaired) electrons. The largest absolute Gasteiger partial charge is 0.352 e. The molecule has 0 amide bonds. The van der Waals surface area contributed by atoms with Crippen LogP contribution < -0.4 is 10.2 Å². The van der Waals surface area contributed by atoms with E-state index >= 15 is 0 Å². The Morgan fingerprint density at radius 3 is 2.76 bits per heavy atom. The Labute approximate surface area is 127 Å². The number of sulfone groups is 1. The summed E-state index contributed by atoms with van der Waals surface area (Å²) in [5.74, 6) is 1.29. The third-order valence-electron chi connectivity index (χ3n) is 3.60. The zero-order chi connectivity index (χ0) is 15.7. The second kappa shape index (κ2) is 5.93. The highest BCUT2D eigenvalue weighted by molar-refractivity contribution is 7.91. The van der Waals surface area contributed by atoms with Crippen molar-refractivity contribution in [3.63, 3.8) is 0 Å². The van der Waals surface area contributed by atoms with E-state index in [9.17, 15) is 8.42 Å². The molecule has 0 aromatic carbocycles. The third kappa shape index (κ3) is 4.68. The number of pyridine rings is 1. The minimum Gasteiger partial charge on any atom is -0.352 e. The monoisotopic (exact) mass is 311 g/mol. The zero-order valence-electron chi connectivity index (χ0n) is 13.3. The normalized spacial score (nSPS) is 22.3. The molecule has 1 atom stereocenters. The van der Waals surface area contributed by atoms with E-state index in [0.717, 1.165) is 17.9 Å². The second-order valence-electron chi connectivity index (χ2n) is 6.78. The van der Waals surface area contributed by atoms with E-state index in [0.29, 0.717) is 6.54 Å². The molecule has 6 heteroatoms. The molecule has 1 aliphatic rings. The highest BCUT2D eigenvalue weighted by Gasteiger charge is 2.28. The van der Waals surface area contributed by atoms with Crippen molar-refractivity contribution in [2.75, 3.05) is 23.0 Å². The highest BCUT2D eigenvalue weighted by atomic mass is 32.2. The van der Waals surface area contributed by atoms with Gasteiger partial charge in [-0.25, -0.2) is 13.4 Å². The minimum absolute atomic E-state index is 0.0259. The predicted octanol–water partition coefficient (Wildman–Crippen LogP) is 1.59. The van der Waals surface area contributed by atoms with Gasteiger partial charge < -0.3 is 10.2 Å². The summed E-state index contributed by atoms with van der Waals surface area (Å²) in [7, 11) is -2.89. The fourth-order valence-electron chi connectivity index (χ4n) is 2.43. The van der Waals surface area contributed by atoms with Crippen LogP contribution in [0.3, 0.4) is 0 Å². The molecule has 118 valence electrons. The maximum atomic E-state index is 11.7. The summed E-state index contributed by atoms with van der Waals surface area (Å²) >= 11 is 0.